The van der Waals surface area contributed by atoms with E-state index in [1.54, 1.807) is 7.11 Å². The van der Waals surface area contributed by atoms with Crippen LogP contribution in [0.4, 0.5) is 0 Å². The van der Waals surface area contributed by atoms with Crippen LogP contribution >= 0.6 is 12.4 Å². The molecule has 0 saturated heterocycles. The molecule has 0 saturated carbocycles. The molecule has 0 aliphatic carbocycles. The van der Waals surface area contributed by atoms with E-state index in [1.807, 2.05) is 26.8 Å². The topological polar surface area (TPSA) is 89.3 Å². The molecule has 0 spiro atoms. The Morgan fingerprint density at radius 2 is 2.08 bits per heavy atom. The molecule has 2 N–H and O–H groups in total. The standard InChI is InChI=1S/C16H24N4O3.ClH/c1-10(2)13-9-12(14-11(3)20-23-16(14)19-13)15(21)18-6-5-17-7-8-22-4;/h9-10,17H,5-8H2,1-4H3,(H,18,21);1H. The van der Waals surface area contributed by atoms with Gasteiger partial charge in [-0.15, -0.1) is 12.4 Å². The minimum atomic E-state index is -0.140. The second-order valence-electron chi connectivity index (χ2n) is 5.70. The van der Waals surface area contributed by atoms with Crippen molar-refractivity contribution in [2.24, 2.45) is 0 Å². The number of rotatable bonds is 8. The van der Waals surface area contributed by atoms with Crippen LogP contribution in [0.3, 0.4) is 0 Å². The molecule has 2 aromatic heterocycles. The number of halogens is 1. The summed E-state index contributed by atoms with van der Waals surface area (Å²) in [5.41, 5.74) is 2.47. The van der Waals surface area contributed by atoms with Crippen molar-refractivity contribution in [3.63, 3.8) is 0 Å². The lowest BCUT2D eigenvalue weighted by Gasteiger charge is -2.10. The lowest BCUT2D eigenvalue weighted by molar-refractivity contribution is 0.0955. The second-order valence-corrected chi connectivity index (χ2v) is 5.70. The maximum absolute atomic E-state index is 12.5. The van der Waals surface area contributed by atoms with Crippen molar-refractivity contribution in [1.29, 1.82) is 0 Å². The molecule has 0 aliphatic heterocycles. The number of nitrogens with one attached hydrogen (secondary N) is 2. The first-order chi connectivity index (χ1) is 11.0. The zero-order valence-corrected chi connectivity index (χ0v) is 15.3. The molecule has 0 radical (unpaired) electrons. The number of carbonyl (C=O) groups excluding carboxylic acids is 1. The SMILES string of the molecule is COCCNCCNC(=O)c1cc(C(C)C)nc2onc(C)c12.Cl. The van der Waals surface area contributed by atoms with E-state index in [9.17, 15) is 4.79 Å². The minimum Gasteiger partial charge on any atom is -0.383 e. The summed E-state index contributed by atoms with van der Waals surface area (Å²) in [4.78, 5) is 16.9. The Balaban J connectivity index is 0.00000288. The quantitative estimate of drug-likeness (QED) is 0.703. The van der Waals surface area contributed by atoms with Crippen molar-refractivity contribution in [3.05, 3.63) is 23.0 Å². The molecule has 2 rings (SSSR count). The molecular formula is C16H25ClN4O3. The van der Waals surface area contributed by atoms with Crippen LogP contribution in [0.25, 0.3) is 11.1 Å². The Hall–Kier alpha value is -1.70. The van der Waals surface area contributed by atoms with Crippen LogP contribution in [0.1, 0.15) is 41.5 Å². The lowest BCUT2D eigenvalue weighted by atomic mass is 10.0. The number of hydrogen-bond acceptors (Lipinski definition) is 6. The van der Waals surface area contributed by atoms with Gasteiger partial charge in [-0.3, -0.25) is 4.79 Å². The average molecular weight is 357 g/mol. The van der Waals surface area contributed by atoms with Crippen LogP contribution in [-0.4, -0.2) is 49.4 Å². The highest BCUT2D eigenvalue weighted by molar-refractivity contribution is 6.06. The molecule has 8 heteroatoms. The first kappa shape index (κ1) is 20.3. The highest BCUT2D eigenvalue weighted by Crippen LogP contribution is 2.24. The second kappa shape index (κ2) is 9.56. The first-order valence-electron chi connectivity index (χ1n) is 7.79. The Morgan fingerprint density at radius 3 is 2.75 bits per heavy atom. The maximum atomic E-state index is 12.5. The molecule has 7 nitrogen and oxygen atoms in total. The van der Waals surface area contributed by atoms with Crippen LogP contribution in [-0.2, 0) is 4.74 Å². The van der Waals surface area contributed by atoms with E-state index in [0.717, 1.165) is 12.2 Å². The predicted molar refractivity (Wildman–Crippen MR) is 95.0 cm³/mol. The van der Waals surface area contributed by atoms with Crippen LogP contribution in [0.5, 0.6) is 0 Å². The minimum absolute atomic E-state index is 0. The third kappa shape index (κ3) is 4.90. The summed E-state index contributed by atoms with van der Waals surface area (Å²) in [6.45, 7) is 8.49. The number of nitrogens with zero attached hydrogens (tertiary/aromatic N) is 2. The number of ether oxygens (including phenoxy) is 1. The van der Waals surface area contributed by atoms with Crippen molar-refractivity contribution >= 4 is 29.4 Å². The van der Waals surface area contributed by atoms with Gasteiger partial charge in [-0.25, -0.2) is 4.98 Å². The molecule has 1 amide bonds. The van der Waals surface area contributed by atoms with Crippen LogP contribution < -0.4 is 10.6 Å². The Labute approximate surface area is 147 Å². The summed E-state index contributed by atoms with van der Waals surface area (Å²) < 4.78 is 10.2. The van der Waals surface area contributed by atoms with Gasteiger partial charge in [-0.1, -0.05) is 19.0 Å². The van der Waals surface area contributed by atoms with Gasteiger partial charge < -0.3 is 19.9 Å². The van der Waals surface area contributed by atoms with Crippen molar-refractivity contribution in [3.8, 4) is 0 Å². The van der Waals surface area contributed by atoms with Gasteiger partial charge >= 0.3 is 0 Å². The number of methoxy groups -OCH3 is 1. The molecular weight excluding hydrogens is 332 g/mol. The molecule has 2 heterocycles. The van der Waals surface area contributed by atoms with E-state index in [0.29, 0.717) is 42.1 Å². The molecule has 134 valence electrons. The van der Waals surface area contributed by atoms with Gasteiger partial charge in [0.2, 0.25) is 0 Å². The van der Waals surface area contributed by atoms with E-state index in [4.69, 9.17) is 9.26 Å². The van der Waals surface area contributed by atoms with E-state index >= 15 is 0 Å². The predicted octanol–water partition coefficient (Wildman–Crippen LogP) is 2.04. The molecule has 0 bridgehead atoms. The van der Waals surface area contributed by atoms with Gasteiger partial charge in [0.05, 0.1) is 23.3 Å². The van der Waals surface area contributed by atoms with Crippen molar-refractivity contribution in [2.45, 2.75) is 26.7 Å². The van der Waals surface area contributed by atoms with Crippen molar-refractivity contribution in [1.82, 2.24) is 20.8 Å². The Morgan fingerprint density at radius 1 is 1.33 bits per heavy atom. The largest absolute Gasteiger partial charge is 0.383 e. The molecule has 0 aromatic carbocycles. The number of aromatic nitrogens is 2. The third-order valence-electron chi connectivity index (χ3n) is 3.54. The summed E-state index contributed by atoms with van der Waals surface area (Å²) in [5.74, 6) is 0.0613. The zero-order valence-electron chi connectivity index (χ0n) is 14.5. The van der Waals surface area contributed by atoms with E-state index < -0.39 is 0 Å². The maximum Gasteiger partial charge on any atom is 0.259 e. The molecule has 2 aromatic rings. The summed E-state index contributed by atoms with van der Waals surface area (Å²) in [6, 6.07) is 1.82. The normalized spacial score (nSPS) is 10.9. The highest BCUT2D eigenvalue weighted by Gasteiger charge is 2.19. The number of carbonyl (C=O) groups is 1. The average Bonchev–Trinajstić information content (AvgIpc) is 2.91. The summed E-state index contributed by atoms with van der Waals surface area (Å²) in [6.07, 6.45) is 0. The molecule has 0 fully saturated rings. The highest BCUT2D eigenvalue weighted by atomic mass is 35.5. The van der Waals surface area contributed by atoms with Gasteiger partial charge in [0.1, 0.15) is 0 Å². The van der Waals surface area contributed by atoms with Crippen LogP contribution in [0.15, 0.2) is 10.6 Å². The van der Waals surface area contributed by atoms with Gasteiger partial charge in [0, 0.05) is 32.4 Å². The Bertz CT molecular complexity index is 673. The fourth-order valence-corrected chi connectivity index (χ4v) is 2.25. The Kier molecular flexibility index (Phi) is 8.10. The zero-order chi connectivity index (χ0) is 16.8. The van der Waals surface area contributed by atoms with E-state index in [2.05, 4.69) is 20.8 Å². The monoisotopic (exact) mass is 356 g/mol. The number of aryl methyl sites for hydroxylation is 1. The smallest absolute Gasteiger partial charge is 0.259 e. The summed E-state index contributed by atoms with van der Waals surface area (Å²) in [5, 5.41) is 10.7. The molecule has 0 unspecified atom stereocenters. The van der Waals surface area contributed by atoms with Crippen LogP contribution in [0.2, 0.25) is 0 Å². The van der Waals surface area contributed by atoms with Gasteiger partial charge in [0.15, 0.2) is 0 Å². The number of amides is 1. The lowest BCUT2D eigenvalue weighted by Crippen LogP contribution is -2.33. The fourth-order valence-electron chi connectivity index (χ4n) is 2.25. The van der Waals surface area contributed by atoms with Gasteiger partial charge in [-0.05, 0) is 18.9 Å². The van der Waals surface area contributed by atoms with Gasteiger partial charge in [-0.2, -0.15) is 0 Å². The molecule has 0 atom stereocenters. The fraction of sp³-hybridized carbons (Fsp3) is 0.562. The number of fused-ring (bicyclic) bond motifs is 1. The first-order valence-corrected chi connectivity index (χ1v) is 7.79. The molecule has 24 heavy (non-hydrogen) atoms. The van der Waals surface area contributed by atoms with E-state index in [1.165, 1.54) is 0 Å². The van der Waals surface area contributed by atoms with Gasteiger partial charge in [0.25, 0.3) is 11.6 Å². The number of hydrogen-bond donors (Lipinski definition) is 2. The number of pyridine rings is 1. The van der Waals surface area contributed by atoms with E-state index in [-0.39, 0.29) is 24.2 Å². The third-order valence-corrected chi connectivity index (χ3v) is 3.54. The van der Waals surface area contributed by atoms with Crippen molar-refractivity contribution in [2.75, 3.05) is 33.4 Å². The van der Waals surface area contributed by atoms with Crippen LogP contribution in [0, 0.1) is 6.92 Å². The summed E-state index contributed by atoms with van der Waals surface area (Å²) >= 11 is 0. The molecule has 0 aliphatic rings. The van der Waals surface area contributed by atoms with Crippen molar-refractivity contribution < 1.29 is 14.1 Å². The summed E-state index contributed by atoms with van der Waals surface area (Å²) in [7, 11) is 1.66.